The van der Waals surface area contributed by atoms with Crippen LogP contribution in [0.25, 0.3) is 0 Å². The number of H-pyrrole nitrogens is 1. The molecule has 2 N–H and O–H groups in total. The molecule has 1 aromatic heterocycles. The highest BCUT2D eigenvalue weighted by atomic mass is 32.2. The number of carbonyl (C=O) groups excluding carboxylic acids is 1. The van der Waals surface area contributed by atoms with E-state index < -0.39 is 0 Å². The third kappa shape index (κ3) is 5.47. The predicted molar refractivity (Wildman–Crippen MR) is 95.8 cm³/mol. The highest BCUT2D eigenvalue weighted by Gasteiger charge is 2.03. The van der Waals surface area contributed by atoms with Crippen molar-refractivity contribution in [3.05, 3.63) is 66.5 Å². The van der Waals surface area contributed by atoms with E-state index in [1.807, 2.05) is 54.6 Å². The molecule has 1 heterocycles. The maximum absolute atomic E-state index is 11.7. The lowest BCUT2D eigenvalue weighted by atomic mass is 10.2. The normalized spacial score (nSPS) is 10.7. The molecule has 0 fully saturated rings. The molecule has 0 aliphatic rings. The van der Waals surface area contributed by atoms with Crippen molar-refractivity contribution in [2.45, 2.75) is 5.16 Å². The van der Waals surface area contributed by atoms with Crippen LogP contribution in [0.1, 0.15) is 5.56 Å². The van der Waals surface area contributed by atoms with Crippen LogP contribution in [0, 0.1) is 0 Å². The number of thioether (sulfide) groups is 1. The van der Waals surface area contributed by atoms with Crippen LogP contribution in [0.2, 0.25) is 0 Å². The second-order valence-electron chi connectivity index (χ2n) is 4.86. The minimum Gasteiger partial charge on any atom is -0.457 e. The van der Waals surface area contributed by atoms with Gasteiger partial charge in [-0.1, -0.05) is 42.1 Å². The molecule has 7 nitrogen and oxygen atoms in total. The van der Waals surface area contributed by atoms with Crippen molar-refractivity contribution in [2.75, 3.05) is 5.75 Å². The zero-order valence-corrected chi connectivity index (χ0v) is 13.9. The molecule has 0 unspecified atom stereocenters. The Morgan fingerprint density at radius 1 is 1.20 bits per heavy atom. The van der Waals surface area contributed by atoms with E-state index in [0.29, 0.717) is 10.9 Å². The van der Waals surface area contributed by atoms with Crippen molar-refractivity contribution < 1.29 is 9.53 Å². The molecule has 0 radical (unpaired) electrons. The highest BCUT2D eigenvalue weighted by Crippen LogP contribution is 2.21. The van der Waals surface area contributed by atoms with E-state index in [1.54, 1.807) is 6.21 Å². The lowest BCUT2D eigenvalue weighted by Crippen LogP contribution is -2.19. The lowest BCUT2D eigenvalue weighted by molar-refractivity contribution is -0.118. The fourth-order valence-electron chi connectivity index (χ4n) is 1.89. The number of carbonyl (C=O) groups is 1. The van der Waals surface area contributed by atoms with Gasteiger partial charge in [0.1, 0.15) is 17.8 Å². The number of hydrogen-bond acceptors (Lipinski definition) is 6. The fraction of sp³-hybridized carbons (Fsp3) is 0.0588. The first-order valence-corrected chi connectivity index (χ1v) is 8.41. The van der Waals surface area contributed by atoms with Gasteiger partial charge in [0.15, 0.2) is 5.16 Å². The lowest BCUT2D eigenvalue weighted by Gasteiger charge is -2.05. The number of para-hydroxylation sites is 1. The molecule has 8 heteroatoms. The number of aromatic amines is 1. The number of benzene rings is 2. The molecular formula is C17H15N5O2S. The van der Waals surface area contributed by atoms with Crippen LogP contribution < -0.4 is 10.2 Å². The summed E-state index contributed by atoms with van der Waals surface area (Å²) in [5.74, 6) is 1.43. The summed E-state index contributed by atoms with van der Waals surface area (Å²) in [7, 11) is 0. The van der Waals surface area contributed by atoms with Gasteiger partial charge in [-0.2, -0.15) is 10.2 Å². The van der Waals surface area contributed by atoms with Gasteiger partial charge in [-0.25, -0.2) is 10.4 Å². The van der Waals surface area contributed by atoms with E-state index in [1.165, 1.54) is 18.1 Å². The summed E-state index contributed by atoms with van der Waals surface area (Å²) in [5.41, 5.74) is 3.29. The summed E-state index contributed by atoms with van der Waals surface area (Å²) in [6.07, 6.45) is 2.96. The van der Waals surface area contributed by atoms with Gasteiger partial charge in [0, 0.05) is 0 Å². The van der Waals surface area contributed by atoms with E-state index in [0.717, 1.165) is 11.3 Å². The van der Waals surface area contributed by atoms with Crippen LogP contribution in [0.15, 0.2) is 71.2 Å². The number of rotatable bonds is 7. The molecule has 0 aliphatic heterocycles. The topological polar surface area (TPSA) is 92.3 Å². The molecule has 126 valence electrons. The number of ether oxygens (including phenoxy) is 1. The van der Waals surface area contributed by atoms with Crippen LogP contribution in [-0.4, -0.2) is 33.1 Å². The average molecular weight is 353 g/mol. The largest absolute Gasteiger partial charge is 0.457 e. The maximum Gasteiger partial charge on any atom is 0.250 e. The van der Waals surface area contributed by atoms with Gasteiger partial charge in [-0.15, -0.1) is 0 Å². The second-order valence-corrected chi connectivity index (χ2v) is 5.82. The van der Waals surface area contributed by atoms with Crippen molar-refractivity contribution in [3.8, 4) is 11.5 Å². The van der Waals surface area contributed by atoms with Gasteiger partial charge in [-0.3, -0.25) is 9.89 Å². The molecule has 3 aromatic rings. The van der Waals surface area contributed by atoms with E-state index >= 15 is 0 Å². The standard InChI is InChI=1S/C17H15N5O2S/c23-16(11-25-17-18-12-20-22-17)21-19-10-13-5-4-8-15(9-13)24-14-6-2-1-3-7-14/h1-10,12H,11H2,(H,21,23)(H,18,20,22)/b19-10+. The molecule has 2 aromatic carbocycles. The number of hydrazone groups is 1. The third-order valence-electron chi connectivity index (χ3n) is 2.97. The fourth-order valence-corrected chi connectivity index (χ4v) is 2.46. The van der Waals surface area contributed by atoms with Crippen molar-refractivity contribution >= 4 is 23.9 Å². The average Bonchev–Trinajstić information content (AvgIpc) is 3.15. The molecule has 25 heavy (non-hydrogen) atoms. The molecule has 0 aliphatic carbocycles. The number of aromatic nitrogens is 3. The number of nitrogens with zero attached hydrogens (tertiary/aromatic N) is 3. The Morgan fingerprint density at radius 2 is 2.04 bits per heavy atom. The van der Waals surface area contributed by atoms with Crippen LogP contribution in [0.3, 0.4) is 0 Å². The van der Waals surface area contributed by atoms with Crippen molar-refractivity contribution in [1.29, 1.82) is 0 Å². The second kappa shape index (κ2) is 8.65. The Kier molecular flexibility index (Phi) is 5.78. The number of nitrogens with one attached hydrogen (secondary N) is 2. The van der Waals surface area contributed by atoms with Crippen molar-refractivity contribution in [1.82, 2.24) is 20.6 Å². The van der Waals surface area contributed by atoms with Crippen molar-refractivity contribution in [2.24, 2.45) is 5.10 Å². The Bertz CT molecular complexity index is 837. The zero-order valence-electron chi connectivity index (χ0n) is 13.1. The SMILES string of the molecule is O=C(CSc1ncn[nH]1)N/N=C/c1cccc(Oc2ccccc2)c1. The van der Waals surface area contributed by atoms with Crippen LogP contribution >= 0.6 is 11.8 Å². The zero-order chi connectivity index (χ0) is 17.3. The minimum atomic E-state index is -0.227. The molecule has 1 amide bonds. The quantitative estimate of drug-likeness (QED) is 0.387. The minimum absolute atomic E-state index is 0.198. The van der Waals surface area contributed by atoms with Gasteiger partial charge >= 0.3 is 0 Å². The third-order valence-corrected chi connectivity index (χ3v) is 3.85. The summed E-state index contributed by atoms with van der Waals surface area (Å²) in [6.45, 7) is 0. The number of hydrogen-bond donors (Lipinski definition) is 2. The highest BCUT2D eigenvalue weighted by molar-refractivity contribution is 7.99. The van der Waals surface area contributed by atoms with Gasteiger partial charge in [0.05, 0.1) is 12.0 Å². The van der Waals surface area contributed by atoms with Crippen LogP contribution in [0.5, 0.6) is 11.5 Å². The van der Waals surface area contributed by atoms with Crippen LogP contribution in [-0.2, 0) is 4.79 Å². The van der Waals surface area contributed by atoms with E-state index in [9.17, 15) is 4.79 Å². The molecule has 0 atom stereocenters. The Labute approximate surface area is 148 Å². The summed E-state index contributed by atoms with van der Waals surface area (Å²) in [6, 6.07) is 16.9. The molecule has 0 saturated carbocycles. The summed E-state index contributed by atoms with van der Waals surface area (Å²) in [4.78, 5) is 15.6. The summed E-state index contributed by atoms with van der Waals surface area (Å²) in [5, 5.41) is 10.9. The Hall–Kier alpha value is -3.13. The number of amides is 1. The molecule has 0 spiro atoms. The Balaban J connectivity index is 1.51. The van der Waals surface area contributed by atoms with Gasteiger partial charge in [-0.05, 0) is 29.8 Å². The molecule has 0 saturated heterocycles. The predicted octanol–water partition coefficient (Wildman–Crippen LogP) is 2.84. The summed E-state index contributed by atoms with van der Waals surface area (Å²) >= 11 is 1.25. The first-order valence-electron chi connectivity index (χ1n) is 7.42. The van der Waals surface area contributed by atoms with Gasteiger partial charge in [0.25, 0.3) is 5.91 Å². The first kappa shape index (κ1) is 16.7. The van der Waals surface area contributed by atoms with E-state index in [2.05, 4.69) is 25.7 Å². The first-order chi connectivity index (χ1) is 12.3. The van der Waals surface area contributed by atoms with Crippen molar-refractivity contribution in [3.63, 3.8) is 0 Å². The van der Waals surface area contributed by atoms with Gasteiger partial charge < -0.3 is 4.74 Å². The monoisotopic (exact) mass is 353 g/mol. The smallest absolute Gasteiger partial charge is 0.250 e. The van der Waals surface area contributed by atoms with Gasteiger partial charge in [0.2, 0.25) is 0 Å². The van der Waals surface area contributed by atoms with Crippen LogP contribution in [0.4, 0.5) is 0 Å². The molecular weight excluding hydrogens is 338 g/mol. The van der Waals surface area contributed by atoms with E-state index in [4.69, 9.17) is 4.74 Å². The maximum atomic E-state index is 11.7. The molecule has 0 bridgehead atoms. The Morgan fingerprint density at radius 3 is 2.84 bits per heavy atom. The molecule has 3 rings (SSSR count). The van der Waals surface area contributed by atoms with E-state index in [-0.39, 0.29) is 11.7 Å². The summed E-state index contributed by atoms with van der Waals surface area (Å²) < 4.78 is 5.76.